The summed E-state index contributed by atoms with van der Waals surface area (Å²) in [6.45, 7) is 4.18. The summed E-state index contributed by atoms with van der Waals surface area (Å²) in [4.78, 5) is 0. The number of hydrogen-bond donors (Lipinski definition) is 2. The summed E-state index contributed by atoms with van der Waals surface area (Å²) >= 11 is 0. The molecule has 0 aromatic rings. The summed E-state index contributed by atoms with van der Waals surface area (Å²) in [5.74, 6) is 0. The molecule has 92 valence electrons. The molecule has 0 bridgehead atoms. The molecule has 0 saturated heterocycles. The molecule has 0 amide bonds. The average Bonchev–Trinajstić information content (AvgIpc) is 2.22. The van der Waals surface area contributed by atoms with Crippen LogP contribution in [0, 0.1) is 0 Å². The Morgan fingerprint density at radius 3 is 2.40 bits per heavy atom. The van der Waals surface area contributed by atoms with Crippen molar-refractivity contribution in [3.63, 3.8) is 0 Å². The lowest BCUT2D eigenvalue weighted by Gasteiger charge is -2.21. The van der Waals surface area contributed by atoms with Gasteiger partial charge >= 0.3 is 0 Å². The first kappa shape index (κ1) is 14.8. The quantitative estimate of drug-likeness (QED) is 0.640. The monoisotopic (exact) mass is 238 g/mol. The third-order valence-corrected chi connectivity index (χ3v) is 3.90. The Kier molecular flexibility index (Phi) is 7.08. The molecular formula is C9H22N2O3S. The van der Waals surface area contributed by atoms with Gasteiger partial charge in [0.2, 0.25) is 0 Å². The van der Waals surface area contributed by atoms with Crippen LogP contribution in [0.4, 0.5) is 0 Å². The molecule has 6 heteroatoms. The van der Waals surface area contributed by atoms with Crippen molar-refractivity contribution in [2.75, 3.05) is 20.2 Å². The molecule has 0 fully saturated rings. The molecule has 0 radical (unpaired) electrons. The Hall–Kier alpha value is -0.170. The molecule has 0 aromatic heterocycles. The molecule has 0 aliphatic heterocycles. The Balaban J connectivity index is 4.27. The average molecular weight is 238 g/mol. The summed E-state index contributed by atoms with van der Waals surface area (Å²) in [5, 5.41) is 8.90. The fourth-order valence-corrected chi connectivity index (χ4v) is 2.26. The number of hydrogen-bond acceptors (Lipinski definition) is 3. The van der Waals surface area contributed by atoms with E-state index in [1.807, 2.05) is 13.8 Å². The minimum absolute atomic E-state index is 0.169. The molecule has 0 saturated carbocycles. The number of unbranched alkanes of at least 4 members (excludes halogenated alkanes) is 1. The van der Waals surface area contributed by atoms with Crippen molar-refractivity contribution in [1.82, 2.24) is 9.03 Å². The molecule has 1 unspecified atom stereocenters. The van der Waals surface area contributed by atoms with E-state index in [2.05, 4.69) is 4.72 Å². The highest BCUT2D eigenvalue weighted by molar-refractivity contribution is 7.87. The van der Waals surface area contributed by atoms with Crippen LogP contribution in [-0.2, 0) is 10.2 Å². The first-order valence-electron chi connectivity index (χ1n) is 5.32. The lowest BCUT2D eigenvalue weighted by atomic mass is 10.3. The minimum Gasteiger partial charge on any atom is -0.395 e. The van der Waals surface area contributed by atoms with Crippen LogP contribution in [0.5, 0.6) is 0 Å². The van der Waals surface area contributed by atoms with Crippen LogP contribution >= 0.6 is 0 Å². The Labute approximate surface area is 92.7 Å². The Morgan fingerprint density at radius 1 is 1.40 bits per heavy atom. The van der Waals surface area contributed by atoms with E-state index in [-0.39, 0.29) is 12.6 Å². The van der Waals surface area contributed by atoms with Gasteiger partial charge in [0, 0.05) is 19.6 Å². The van der Waals surface area contributed by atoms with Crippen molar-refractivity contribution in [3.05, 3.63) is 0 Å². The molecule has 0 rings (SSSR count). The van der Waals surface area contributed by atoms with Gasteiger partial charge in [-0.2, -0.15) is 17.4 Å². The lowest BCUT2D eigenvalue weighted by molar-refractivity contribution is 0.251. The minimum atomic E-state index is -3.43. The molecule has 2 N–H and O–H groups in total. The van der Waals surface area contributed by atoms with Crippen molar-refractivity contribution in [2.45, 2.75) is 39.2 Å². The van der Waals surface area contributed by atoms with Gasteiger partial charge in [-0.25, -0.2) is 0 Å². The fraction of sp³-hybridized carbons (Fsp3) is 1.00. The van der Waals surface area contributed by atoms with Gasteiger partial charge in [0.25, 0.3) is 10.2 Å². The highest BCUT2D eigenvalue weighted by atomic mass is 32.2. The van der Waals surface area contributed by atoms with Gasteiger partial charge in [0.1, 0.15) is 0 Å². The van der Waals surface area contributed by atoms with Crippen molar-refractivity contribution in [2.24, 2.45) is 0 Å². The van der Waals surface area contributed by atoms with Crippen molar-refractivity contribution in [3.8, 4) is 0 Å². The van der Waals surface area contributed by atoms with E-state index in [0.717, 1.165) is 12.8 Å². The van der Waals surface area contributed by atoms with Gasteiger partial charge < -0.3 is 5.11 Å². The van der Waals surface area contributed by atoms with Crippen LogP contribution in [-0.4, -0.2) is 44.1 Å². The summed E-state index contributed by atoms with van der Waals surface area (Å²) in [7, 11) is -1.89. The van der Waals surface area contributed by atoms with Gasteiger partial charge in [-0.15, -0.1) is 0 Å². The van der Waals surface area contributed by atoms with Crippen molar-refractivity contribution in [1.29, 1.82) is 0 Å². The number of rotatable bonds is 8. The van der Waals surface area contributed by atoms with E-state index in [1.165, 1.54) is 4.31 Å². The Bertz CT molecular complexity index is 250. The SMILES string of the molecule is CCCCN(C)S(=O)(=O)NC(CC)CO. The summed E-state index contributed by atoms with van der Waals surface area (Å²) in [6.07, 6.45) is 2.38. The van der Waals surface area contributed by atoms with E-state index >= 15 is 0 Å². The van der Waals surface area contributed by atoms with Crippen LogP contribution < -0.4 is 4.72 Å². The predicted molar refractivity (Wildman–Crippen MR) is 60.8 cm³/mol. The maximum Gasteiger partial charge on any atom is 0.279 e. The van der Waals surface area contributed by atoms with Gasteiger partial charge in [-0.05, 0) is 12.8 Å². The number of nitrogens with one attached hydrogen (secondary N) is 1. The molecule has 0 heterocycles. The Morgan fingerprint density at radius 2 is 2.00 bits per heavy atom. The number of aliphatic hydroxyl groups is 1. The maximum absolute atomic E-state index is 11.7. The van der Waals surface area contributed by atoms with E-state index in [1.54, 1.807) is 7.05 Å². The van der Waals surface area contributed by atoms with Crippen LogP contribution in [0.15, 0.2) is 0 Å². The smallest absolute Gasteiger partial charge is 0.279 e. The van der Waals surface area contributed by atoms with Crippen LogP contribution in [0.25, 0.3) is 0 Å². The maximum atomic E-state index is 11.7. The topological polar surface area (TPSA) is 69.6 Å². The fourth-order valence-electron chi connectivity index (χ4n) is 1.05. The predicted octanol–water partition coefficient (Wildman–Crippen LogP) is 0.324. The largest absolute Gasteiger partial charge is 0.395 e. The molecule has 5 nitrogen and oxygen atoms in total. The molecule has 1 atom stereocenters. The molecular weight excluding hydrogens is 216 g/mol. The zero-order valence-electron chi connectivity index (χ0n) is 9.73. The van der Waals surface area contributed by atoms with Crippen molar-refractivity contribution >= 4 is 10.2 Å². The number of aliphatic hydroxyl groups excluding tert-OH is 1. The lowest BCUT2D eigenvalue weighted by Crippen LogP contribution is -2.45. The third-order valence-electron chi connectivity index (χ3n) is 2.27. The van der Waals surface area contributed by atoms with Crippen LogP contribution in [0.1, 0.15) is 33.1 Å². The molecule has 0 aliphatic carbocycles. The second-order valence-corrected chi connectivity index (χ2v) is 5.39. The second kappa shape index (κ2) is 7.16. The zero-order chi connectivity index (χ0) is 11.9. The summed E-state index contributed by atoms with van der Waals surface area (Å²) < 4.78 is 27.1. The molecule has 15 heavy (non-hydrogen) atoms. The first-order chi connectivity index (χ1) is 6.97. The summed E-state index contributed by atoms with van der Waals surface area (Å²) in [6, 6.07) is -0.390. The normalized spacial score (nSPS) is 14.5. The first-order valence-corrected chi connectivity index (χ1v) is 6.76. The standard InChI is InChI=1S/C9H22N2O3S/c1-4-6-7-11(3)15(13,14)10-9(5-2)8-12/h9-10,12H,4-8H2,1-3H3. The zero-order valence-corrected chi connectivity index (χ0v) is 10.5. The van der Waals surface area contributed by atoms with Crippen LogP contribution in [0.2, 0.25) is 0 Å². The number of nitrogens with zero attached hydrogens (tertiary/aromatic N) is 1. The summed E-state index contributed by atoms with van der Waals surface area (Å²) in [5.41, 5.74) is 0. The van der Waals surface area contributed by atoms with E-state index < -0.39 is 10.2 Å². The van der Waals surface area contributed by atoms with Gasteiger partial charge in [-0.3, -0.25) is 0 Å². The highest BCUT2D eigenvalue weighted by Crippen LogP contribution is 2.01. The van der Waals surface area contributed by atoms with Gasteiger partial charge in [0.15, 0.2) is 0 Å². The van der Waals surface area contributed by atoms with Gasteiger partial charge in [-0.1, -0.05) is 20.3 Å². The highest BCUT2D eigenvalue weighted by Gasteiger charge is 2.20. The molecule has 0 aliphatic rings. The molecule has 0 spiro atoms. The second-order valence-electron chi connectivity index (χ2n) is 3.59. The van der Waals surface area contributed by atoms with E-state index in [0.29, 0.717) is 13.0 Å². The van der Waals surface area contributed by atoms with Crippen LogP contribution in [0.3, 0.4) is 0 Å². The van der Waals surface area contributed by atoms with Crippen molar-refractivity contribution < 1.29 is 13.5 Å². The van der Waals surface area contributed by atoms with E-state index in [4.69, 9.17) is 5.11 Å². The molecule has 0 aromatic carbocycles. The van der Waals surface area contributed by atoms with E-state index in [9.17, 15) is 8.42 Å². The van der Waals surface area contributed by atoms with Gasteiger partial charge in [0.05, 0.1) is 6.61 Å². The third kappa shape index (κ3) is 5.46.